The topological polar surface area (TPSA) is 46.0 Å². The fraction of sp³-hybridized carbons (Fsp3) is 0.833. The second-order valence-electron chi connectivity index (χ2n) is 5.23. The van der Waals surface area contributed by atoms with Gasteiger partial charge in [-0.1, -0.05) is 0 Å². The highest BCUT2D eigenvalue weighted by Crippen LogP contribution is 2.19. The molecule has 1 aromatic heterocycles. The Balaban J connectivity index is 1.64. The van der Waals surface area contributed by atoms with Gasteiger partial charge in [0.05, 0.1) is 6.54 Å². The second kappa shape index (κ2) is 6.53. The van der Waals surface area contributed by atoms with Gasteiger partial charge in [0, 0.05) is 26.1 Å². The molecule has 0 spiro atoms. The van der Waals surface area contributed by atoms with Gasteiger partial charge in [0.15, 0.2) is 0 Å². The molecule has 0 unspecified atom stereocenters. The molecule has 2 heterocycles. The van der Waals surface area contributed by atoms with Gasteiger partial charge in [-0.2, -0.15) is 13.2 Å². The predicted molar refractivity (Wildman–Crippen MR) is 68.2 cm³/mol. The lowest BCUT2D eigenvalue weighted by Gasteiger charge is -2.32. The Kier molecular flexibility index (Phi) is 4.98. The molecule has 1 aliphatic heterocycles. The van der Waals surface area contributed by atoms with Gasteiger partial charge in [-0.25, -0.2) is 0 Å². The van der Waals surface area contributed by atoms with E-state index in [-0.39, 0.29) is 0 Å². The molecule has 0 saturated carbocycles. The van der Waals surface area contributed by atoms with Crippen LogP contribution in [0.3, 0.4) is 0 Å². The molecule has 0 aliphatic carbocycles. The van der Waals surface area contributed by atoms with Crippen molar-refractivity contribution in [2.45, 2.75) is 31.5 Å². The molecule has 114 valence electrons. The highest BCUT2D eigenvalue weighted by Gasteiger charge is 2.32. The predicted octanol–water partition coefficient (Wildman–Crippen LogP) is 0.974. The van der Waals surface area contributed by atoms with Crippen LogP contribution in [0, 0.1) is 0 Å². The lowest BCUT2D eigenvalue weighted by molar-refractivity contribution is -0.148. The standard InChI is InChI=1S/C12H20F3N5/c1-19-9-17-18-11(19)2-5-16-10-3-6-20(7-4-10)8-12(13,14)15/h9-10,16H,2-8H2,1H3. The summed E-state index contributed by atoms with van der Waals surface area (Å²) in [6, 6.07) is 0.299. The van der Waals surface area contributed by atoms with Crippen LogP contribution in [0.15, 0.2) is 6.33 Å². The van der Waals surface area contributed by atoms with Crippen LogP contribution in [-0.4, -0.2) is 58.1 Å². The lowest BCUT2D eigenvalue weighted by Crippen LogP contribution is -2.46. The Morgan fingerprint density at radius 2 is 2.05 bits per heavy atom. The summed E-state index contributed by atoms with van der Waals surface area (Å²) in [7, 11) is 1.89. The van der Waals surface area contributed by atoms with E-state index in [9.17, 15) is 13.2 Å². The maximum absolute atomic E-state index is 12.3. The molecule has 1 N–H and O–H groups in total. The quantitative estimate of drug-likeness (QED) is 0.878. The van der Waals surface area contributed by atoms with E-state index in [1.807, 2.05) is 11.6 Å². The molecule has 1 aromatic rings. The molecule has 1 saturated heterocycles. The molecule has 1 fully saturated rings. The first-order chi connectivity index (χ1) is 9.44. The van der Waals surface area contributed by atoms with Crippen molar-refractivity contribution in [3.8, 4) is 0 Å². The molecule has 0 amide bonds. The molecular weight excluding hydrogens is 271 g/mol. The van der Waals surface area contributed by atoms with E-state index >= 15 is 0 Å². The van der Waals surface area contributed by atoms with Gasteiger partial charge in [-0.05, 0) is 25.9 Å². The molecule has 20 heavy (non-hydrogen) atoms. The number of halogens is 3. The first kappa shape index (κ1) is 15.2. The number of rotatable bonds is 5. The van der Waals surface area contributed by atoms with Crippen LogP contribution in [0.4, 0.5) is 13.2 Å². The van der Waals surface area contributed by atoms with Crippen LogP contribution in [0.2, 0.25) is 0 Å². The number of nitrogens with zero attached hydrogens (tertiary/aromatic N) is 4. The van der Waals surface area contributed by atoms with Crippen LogP contribution in [0.1, 0.15) is 18.7 Å². The smallest absolute Gasteiger partial charge is 0.321 e. The summed E-state index contributed by atoms with van der Waals surface area (Å²) in [6.45, 7) is 0.984. The number of aromatic nitrogens is 3. The largest absolute Gasteiger partial charge is 0.401 e. The third-order valence-electron chi connectivity index (χ3n) is 3.58. The van der Waals surface area contributed by atoms with E-state index in [4.69, 9.17) is 0 Å². The molecule has 2 rings (SSSR count). The zero-order chi connectivity index (χ0) is 14.6. The average molecular weight is 291 g/mol. The summed E-state index contributed by atoms with van der Waals surface area (Å²) in [5, 5.41) is 11.2. The number of nitrogens with one attached hydrogen (secondary N) is 1. The minimum Gasteiger partial charge on any atom is -0.321 e. The van der Waals surface area contributed by atoms with E-state index in [1.54, 1.807) is 6.33 Å². The highest BCUT2D eigenvalue weighted by atomic mass is 19.4. The number of likely N-dealkylation sites (tertiary alicyclic amines) is 1. The van der Waals surface area contributed by atoms with Crippen LogP contribution < -0.4 is 5.32 Å². The van der Waals surface area contributed by atoms with Crippen LogP contribution >= 0.6 is 0 Å². The molecule has 5 nitrogen and oxygen atoms in total. The summed E-state index contributed by atoms with van der Waals surface area (Å²) in [4.78, 5) is 1.47. The average Bonchev–Trinajstić information content (AvgIpc) is 2.76. The number of hydrogen-bond acceptors (Lipinski definition) is 4. The Bertz CT molecular complexity index is 409. The Hall–Kier alpha value is -1.15. The lowest BCUT2D eigenvalue weighted by atomic mass is 10.0. The monoisotopic (exact) mass is 291 g/mol. The number of piperidine rings is 1. The number of aryl methyl sites for hydroxylation is 1. The highest BCUT2D eigenvalue weighted by molar-refractivity contribution is 4.86. The van der Waals surface area contributed by atoms with Crippen LogP contribution in [0.5, 0.6) is 0 Å². The third kappa shape index (κ3) is 4.75. The minimum absolute atomic E-state index is 0.299. The van der Waals surface area contributed by atoms with Crippen molar-refractivity contribution in [2.24, 2.45) is 7.05 Å². The molecule has 0 radical (unpaired) electrons. The zero-order valence-electron chi connectivity index (χ0n) is 11.5. The fourth-order valence-electron chi connectivity index (χ4n) is 2.47. The normalized spacial score (nSPS) is 18.6. The van der Waals surface area contributed by atoms with Crippen molar-refractivity contribution < 1.29 is 13.2 Å². The van der Waals surface area contributed by atoms with Crippen LogP contribution in [-0.2, 0) is 13.5 Å². The Morgan fingerprint density at radius 1 is 1.35 bits per heavy atom. The SMILES string of the molecule is Cn1cnnc1CCNC1CCN(CC(F)(F)F)CC1. The summed E-state index contributed by atoms with van der Waals surface area (Å²) >= 11 is 0. The number of hydrogen-bond donors (Lipinski definition) is 1. The molecule has 0 bridgehead atoms. The van der Waals surface area contributed by atoms with E-state index < -0.39 is 12.7 Å². The Morgan fingerprint density at radius 3 is 2.60 bits per heavy atom. The maximum atomic E-state index is 12.3. The van der Waals surface area contributed by atoms with Gasteiger partial charge in [-0.3, -0.25) is 4.90 Å². The summed E-state index contributed by atoms with van der Waals surface area (Å²) in [5.74, 6) is 0.909. The zero-order valence-corrected chi connectivity index (χ0v) is 11.5. The van der Waals surface area contributed by atoms with Gasteiger partial charge >= 0.3 is 6.18 Å². The maximum Gasteiger partial charge on any atom is 0.401 e. The third-order valence-corrected chi connectivity index (χ3v) is 3.58. The summed E-state index contributed by atoms with van der Waals surface area (Å²) in [6.07, 6.45) is -0.139. The van der Waals surface area contributed by atoms with Gasteiger partial charge in [0.2, 0.25) is 0 Å². The van der Waals surface area contributed by atoms with Crippen molar-refractivity contribution in [2.75, 3.05) is 26.2 Å². The first-order valence-corrected chi connectivity index (χ1v) is 6.79. The van der Waals surface area contributed by atoms with Crippen molar-refractivity contribution in [1.29, 1.82) is 0 Å². The second-order valence-corrected chi connectivity index (χ2v) is 5.23. The number of alkyl halides is 3. The van der Waals surface area contributed by atoms with Crippen LogP contribution in [0.25, 0.3) is 0 Å². The molecule has 0 aromatic carbocycles. The molecule has 8 heteroatoms. The fourth-order valence-corrected chi connectivity index (χ4v) is 2.47. The summed E-state index contributed by atoms with van der Waals surface area (Å²) < 4.78 is 38.7. The van der Waals surface area contributed by atoms with Gasteiger partial charge in [0.25, 0.3) is 0 Å². The minimum atomic E-state index is -4.09. The Labute approximate surface area is 116 Å². The molecular formula is C12H20F3N5. The van der Waals surface area contributed by atoms with E-state index in [2.05, 4.69) is 15.5 Å². The van der Waals surface area contributed by atoms with Gasteiger partial charge < -0.3 is 9.88 Å². The first-order valence-electron chi connectivity index (χ1n) is 6.79. The van der Waals surface area contributed by atoms with Crippen molar-refractivity contribution >= 4 is 0 Å². The summed E-state index contributed by atoms with van der Waals surface area (Å²) in [5.41, 5.74) is 0. The molecule has 0 atom stereocenters. The van der Waals surface area contributed by atoms with E-state index in [0.717, 1.165) is 31.6 Å². The van der Waals surface area contributed by atoms with Gasteiger partial charge in [-0.15, -0.1) is 10.2 Å². The van der Waals surface area contributed by atoms with Crippen molar-refractivity contribution in [3.63, 3.8) is 0 Å². The van der Waals surface area contributed by atoms with Gasteiger partial charge in [0.1, 0.15) is 12.2 Å². The molecule has 1 aliphatic rings. The van der Waals surface area contributed by atoms with E-state index in [1.165, 1.54) is 4.90 Å². The van der Waals surface area contributed by atoms with E-state index in [0.29, 0.717) is 19.1 Å². The van der Waals surface area contributed by atoms with Crippen molar-refractivity contribution in [3.05, 3.63) is 12.2 Å². The van der Waals surface area contributed by atoms with Crippen molar-refractivity contribution in [1.82, 2.24) is 25.0 Å².